The van der Waals surface area contributed by atoms with Crippen LogP contribution in [0.25, 0.3) is 10.8 Å². The maximum Gasteiger partial charge on any atom is 0.259 e. The summed E-state index contributed by atoms with van der Waals surface area (Å²) in [6, 6.07) is 21.6. The summed E-state index contributed by atoms with van der Waals surface area (Å²) in [7, 11) is 0. The molecule has 1 aliphatic heterocycles. The molecule has 26 heavy (non-hydrogen) atoms. The Bertz CT molecular complexity index is 977. The summed E-state index contributed by atoms with van der Waals surface area (Å²) < 4.78 is 0. The zero-order valence-electron chi connectivity index (χ0n) is 14.6. The third kappa shape index (κ3) is 2.84. The summed E-state index contributed by atoms with van der Waals surface area (Å²) in [5.41, 5.74) is 2.67. The van der Waals surface area contributed by atoms with Crippen molar-refractivity contribution in [2.24, 2.45) is 0 Å². The first kappa shape index (κ1) is 16.3. The van der Waals surface area contributed by atoms with Crippen molar-refractivity contribution in [2.45, 2.75) is 12.8 Å². The zero-order chi connectivity index (χ0) is 18.1. The third-order valence-electron chi connectivity index (χ3n) is 4.92. The molecule has 130 valence electrons. The number of hydrogen-bond donors (Lipinski definition) is 1. The van der Waals surface area contributed by atoms with Gasteiger partial charge in [-0.3, -0.25) is 14.5 Å². The number of rotatable bonds is 5. The van der Waals surface area contributed by atoms with Crippen molar-refractivity contribution in [3.63, 3.8) is 0 Å². The lowest BCUT2D eigenvalue weighted by Crippen LogP contribution is -2.40. The third-order valence-corrected chi connectivity index (χ3v) is 4.92. The van der Waals surface area contributed by atoms with E-state index in [1.165, 1.54) is 5.56 Å². The Balaban J connectivity index is 1.46. The molecule has 0 unspecified atom stereocenters. The van der Waals surface area contributed by atoms with Crippen molar-refractivity contribution in [3.05, 3.63) is 77.9 Å². The molecule has 3 aromatic rings. The molecule has 0 bridgehead atoms. The average molecular weight is 344 g/mol. The van der Waals surface area contributed by atoms with E-state index in [0.29, 0.717) is 12.1 Å². The number of amides is 2. The van der Waals surface area contributed by atoms with Crippen molar-refractivity contribution >= 4 is 28.3 Å². The van der Waals surface area contributed by atoms with Gasteiger partial charge in [0.05, 0.1) is 5.69 Å². The van der Waals surface area contributed by atoms with Gasteiger partial charge in [0.15, 0.2) is 0 Å². The first-order valence-electron chi connectivity index (χ1n) is 8.80. The van der Waals surface area contributed by atoms with Crippen molar-refractivity contribution in [2.75, 3.05) is 18.0 Å². The summed E-state index contributed by atoms with van der Waals surface area (Å²) in [6.07, 6.45) is 0. The Labute approximate surface area is 152 Å². The minimum Gasteiger partial charge on any atom is -0.354 e. The van der Waals surface area contributed by atoms with E-state index < -0.39 is 0 Å². The maximum absolute atomic E-state index is 12.7. The van der Waals surface area contributed by atoms with E-state index in [-0.39, 0.29) is 24.3 Å². The van der Waals surface area contributed by atoms with Gasteiger partial charge in [-0.25, -0.2) is 0 Å². The lowest BCUT2D eigenvalue weighted by Gasteiger charge is -2.18. The summed E-state index contributed by atoms with van der Waals surface area (Å²) >= 11 is 0. The van der Waals surface area contributed by atoms with Crippen LogP contribution in [-0.2, 0) is 4.79 Å². The zero-order valence-corrected chi connectivity index (χ0v) is 14.6. The van der Waals surface area contributed by atoms with Crippen molar-refractivity contribution in [3.8, 4) is 0 Å². The Hall–Kier alpha value is -3.14. The molecule has 1 N–H and O–H groups in total. The number of anilines is 1. The molecule has 1 heterocycles. The Morgan fingerprint density at radius 1 is 1.00 bits per heavy atom. The first-order valence-corrected chi connectivity index (χ1v) is 8.80. The van der Waals surface area contributed by atoms with Gasteiger partial charge in [-0.05, 0) is 29.0 Å². The van der Waals surface area contributed by atoms with Gasteiger partial charge in [-0.2, -0.15) is 0 Å². The van der Waals surface area contributed by atoms with Crippen LogP contribution in [0, 0.1) is 0 Å². The van der Waals surface area contributed by atoms with Gasteiger partial charge in [-0.15, -0.1) is 0 Å². The highest BCUT2D eigenvalue weighted by Gasteiger charge is 2.30. The van der Waals surface area contributed by atoms with Crippen LogP contribution in [0.4, 0.5) is 5.69 Å². The summed E-state index contributed by atoms with van der Waals surface area (Å²) in [4.78, 5) is 26.7. The summed E-state index contributed by atoms with van der Waals surface area (Å²) in [6.45, 7) is 2.66. The van der Waals surface area contributed by atoms with Crippen LogP contribution in [0.3, 0.4) is 0 Å². The molecular formula is C22H20N2O2. The molecule has 0 fully saturated rings. The van der Waals surface area contributed by atoms with Gasteiger partial charge in [0, 0.05) is 17.5 Å². The van der Waals surface area contributed by atoms with E-state index >= 15 is 0 Å². The van der Waals surface area contributed by atoms with E-state index in [0.717, 1.165) is 16.5 Å². The van der Waals surface area contributed by atoms with E-state index in [1.54, 1.807) is 4.90 Å². The fourth-order valence-corrected chi connectivity index (χ4v) is 3.50. The van der Waals surface area contributed by atoms with Gasteiger partial charge >= 0.3 is 0 Å². The molecular weight excluding hydrogens is 324 g/mol. The van der Waals surface area contributed by atoms with Crippen LogP contribution in [0.5, 0.6) is 0 Å². The molecule has 1 aliphatic rings. The second-order valence-corrected chi connectivity index (χ2v) is 6.69. The molecule has 0 spiro atoms. The number of carbonyl (C=O) groups excluding carboxylic acids is 2. The highest BCUT2D eigenvalue weighted by atomic mass is 16.2. The number of nitrogens with zero attached hydrogens (tertiary/aromatic N) is 1. The second kappa shape index (κ2) is 6.64. The number of hydrogen-bond acceptors (Lipinski definition) is 2. The molecule has 0 aromatic heterocycles. The molecule has 0 aliphatic carbocycles. The van der Waals surface area contributed by atoms with Crippen molar-refractivity contribution in [1.29, 1.82) is 0 Å². The van der Waals surface area contributed by atoms with E-state index in [1.807, 2.05) is 54.6 Å². The minimum absolute atomic E-state index is 0.0358. The molecule has 3 aromatic carbocycles. The molecule has 4 rings (SSSR count). The highest BCUT2D eigenvalue weighted by molar-refractivity contribution is 6.26. The number of nitrogens with one attached hydrogen (secondary N) is 1. The predicted molar refractivity (Wildman–Crippen MR) is 103 cm³/mol. The van der Waals surface area contributed by atoms with Crippen LogP contribution in [-0.4, -0.2) is 24.9 Å². The SMILES string of the molecule is C[C@H](CNC(=O)CN1C(=O)c2cccc3cccc1c23)c1ccccc1. The largest absolute Gasteiger partial charge is 0.354 e. The fraction of sp³-hybridized carbons (Fsp3) is 0.182. The second-order valence-electron chi connectivity index (χ2n) is 6.69. The smallest absolute Gasteiger partial charge is 0.259 e. The molecule has 0 radical (unpaired) electrons. The van der Waals surface area contributed by atoms with Gasteiger partial charge in [0.25, 0.3) is 5.91 Å². The topological polar surface area (TPSA) is 49.4 Å². The Morgan fingerprint density at radius 2 is 1.73 bits per heavy atom. The van der Waals surface area contributed by atoms with Gasteiger partial charge in [0.2, 0.25) is 5.91 Å². The van der Waals surface area contributed by atoms with E-state index in [9.17, 15) is 9.59 Å². The fourth-order valence-electron chi connectivity index (χ4n) is 3.50. The first-order chi connectivity index (χ1) is 12.6. The van der Waals surface area contributed by atoms with Crippen molar-refractivity contribution < 1.29 is 9.59 Å². The van der Waals surface area contributed by atoms with Crippen molar-refractivity contribution in [1.82, 2.24) is 5.32 Å². The van der Waals surface area contributed by atoms with Crippen LogP contribution in [0.15, 0.2) is 66.7 Å². The van der Waals surface area contributed by atoms with Crippen LogP contribution < -0.4 is 10.2 Å². The lowest BCUT2D eigenvalue weighted by molar-refractivity contribution is -0.119. The molecule has 4 heteroatoms. The molecule has 0 saturated heterocycles. The Morgan fingerprint density at radius 3 is 2.50 bits per heavy atom. The van der Waals surface area contributed by atoms with Crippen LogP contribution in [0.2, 0.25) is 0 Å². The van der Waals surface area contributed by atoms with Gasteiger partial charge in [-0.1, -0.05) is 61.5 Å². The summed E-state index contributed by atoms with van der Waals surface area (Å²) in [5, 5.41) is 4.91. The quantitative estimate of drug-likeness (QED) is 0.767. The Kier molecular flexibility index (Phi) is 4.17. The molecule has 0 saturated carbocycles. The lowest BCUT2D eigenvalue weighted by atomic mass is 10.0. The van der Waals surface area contributed by atoms with Gasteiger partial charge < -0.3 is 5.32 Å². The number of carbonyl (C=O) groups is 2. The monoisotopic (exact) mass is 344 g/mol. The van der Waals surface area contributed by atoms with E-state index in [4.69, 9.17) is 0 Å². The average Bonchev–Trinajstić information content (AvgIpc) is 2.95. The van der Waals surface area contributed by atoms with Crippen LogP contribution >= 0.6 is 0 Å². The molecule has 2 amide bonds. The van der Waals surface area contributed by atoms with E-state index in [2.05, 4.69) is 24.4 Å². The minimum atomic E-state index is -0.147. The highest BCUT2D eigenvalue weighted by Crippen LogP contribution is 2.36. The molecule has 4 nitrogen and oxygen atoms in total. The van der Waals surface area contributed by atoms with Gasteiger partial charge in [0.1, 0.15) is 6.54 Å². The molecule has 1 atom stereocenters. The predicted octanol–water partition coefficient (Wildman–Crippen LogP) is 3.72. The summed E-state index contributed by atoms with van der Waals surface area (Å²) in [5.74, 6) is -0.0379. The van der Waals surface area contributed by atoms with Crippen LogP contribution in [0.1, 0.15) is 28.8 Å². The maximum atomic E-state index is 12.7. The standard InChI is InChI=1S/C22H20N2O2/c1-15(16-7-3-2-4-8-16)13-23-20(25)14-24-19-12-6-10-17-9-5-11-18(21(17)19)22(24)26/h2-12,15H,13-14H2,1H3,(H,23,25)/t15-/m1/s1. The normalized spacial score (nSPS) is 13.9. The number of benzene rings is 3.